The lowest BCUT2D eigenvalue weighted by Crippen LogP contribution is -1.97. The molecule has 0 saturated heterocycles. The molecule has 4 heteroatoms. The van der Waals surface area contributed by atoms with Gasteiger partial charge in [0.05, 0.1) is 20.8 Å². The van der Waals surface area contributed by atoms with Gasteiger partial charge in [-0.1, -0.05) is 0 Å². The second-order valence-electron chi connectivity index (χ2n) is 1.74. The van der Waals surface area contributed by atoms with Crippen molar-refractivity contribution >= 4 is 8.15 Å². The van der Waals surface area contributed by atoms with Gasteiger partial charge in [-0.05, 0) is 6.92 Å². The molecule has 0 aromatic rings. The van der Waals surface area contributed by atoms with Crippen LogP contribution < -0.4 is 0 Å². The number of ether oxygens (including phenoxy) is 2. The van der Waals surface area contributed by atoms with Gasteiger partial charge in [0.1, 0.15) is 0 Å². The predicted octanol–water partition coefficient (Wildman–Crippen LogP) is 1.63. The summed E-state index contributed by atoms with van der Waals surface area (Å²) in [5, 5.41) is 0. The van der Waals surface area contributed by atoms with Gasteiger partial charge in [-0.15, -0.1) is 0 Å². The molecule has 0 aliphatic heterocycles. The van der Waals surface area contributed by atoms with Crippen molar-refractivity contribution in [2.75, 3.05) is 33.5 Å². The van der Waals surface area contributed by atoms with Gasteiger partial charge in [-0.2, -0.15) is 0 Å². The monoisotopic (exact) mass is 166 g/mol. The Labute approximate surface area is 63.5 Å². The van der Waals surface area contributed by atoms with Gasteiger partial charge < -0.3 is 14.0 Å². The summed E-state index contributed by atoms with van der Waals surface area (Å²) in [4.78, 5) is 0. The normalized spacial score (nSPS) is 10.8. The molecule has 0 unspecified atom stereocenters. The van der Waals surface area contributed by atoms with E-state index in [9.17, 15) is 0 Å². The van der Waals surface area contributed by atoms with E-state index in [1.165, 1.54) is 0 Å². The van der Waals surface area contributed by atoms with Crippen LogP contribution in [0.1, 0.15) is 6.92 Å². The molecule has 0 heterocycles. The van der Waals surface area contributed by atoms with Crippen LogP contribution in [0.5, 0.6) is 0 Å². The van der Waals surface area contributed by atoms with Gasteiger partial charge in [0.2, 0.25) is 0 Å². The number of methoxy groups -OCH3 is 2. The van der Waals surface area contributed by atoms with Crippen molar-refractivity contribution in [2.24, 2.45) is 0 Å². The van der Waals surface area contributed by atoms with Gasteiger partial charge in [-0.25, -0.2) is 0 Å². The first-order chi connectivity index (χ1) is 4.85. The SMILES string of the molecule is CCOP(COC)COC. The maximum absolute atomic E-state index is 5.34. The average Bonchev–Trinajstić information content (AvgIpc) is 1.90. The van der Waals surface area contributed by atoms with Crippen LogP contribution in [0.2, 0.25) is 0 Å². The van der Waals surface area contributed by atoms with E-state index in [2.05, 4.69) is 0 Å². The molecule has 62 valence electrons. The third-order valence-electron chi connectivity index (χ3n) is 0.858. The van der Waals surface area contributed by atoms with Crippen molar-refractivity contribution in [1.82, 2.24) is 0 Å². The fraction of sp³-hybridized carbons (Fsp3) is 1.00. The molecule has 0 amide bonds. The fourth-order valence-corrected chi connectivity index (χ4v) is 1.75. The van der Waals surface area contributed by atoms with Crippen molar-refractivity contribution in [1.29, 1.82) is 0 Å². The summed E-state index contributed by atoms with van der Waals surface area (Å²) in [5.74, 6) is 0. The van der Waals surface area contributed by atoms with Crippen LogP contribution in [0.3, 0.4) is 0 Å². The van der Waals surface area contributed by atoms with Crippen molar-refractivity contribution in [3.8, 4) is 0 Å². The van der Waals surface area contributed by atoms with Gasteiger partial charge in [0.25, 0.3) is 0 Å². The highest BCUT2D eigenvalue weighted by molar-refractivity contribution is 7.52. The molecule has 0 fully saturated rings. The van der Waals surface area contributed by atoms with Gasteiger partial charge in [0.15, 0.2) is 0 Å². The Morgan fingerprint density at radius 2 is 1.60 bits per heavy atom. The Morgan fingerprint density at radius 1 is 1.10 bits per heavy atom. The maximum Gasteiger partial charge on any atom is 0.0924 e. The van der Waals surface area contributed by atoms with Gasteiger partial charge in [0, 0.05) is 20.8 Å². The molecule has 0 aliphatic carbocycles. The van der Waals surface area contributed by atoms with E-state index < -0.39 is 8.15 Å². The fourth-order valence-electron chi connectivity index (χ4n) is 0.582. The summed E-state index contributed by atoms with van der Waals surface area (Å²) >= 11 is 0. The second kappa shape index (κ2) is 7.42. The molecule has 0 rings (SSSR count). The molecule has 0 radical (unpaired) electrons. The molecule has 0 bridgehead atoms. The first kappa shape index (κ1) is 10.3. The van der Waals surface area contributed by atoms with E-state index in [0.29, 0.717) is 12.7 Å². The van der Waals surface area contributed by atoms with Crippen LogP contribution >= 0.6 is 8.15 Å². The molecular weight excluding hydrogens is 151 g/mol. The molecule has 3 nitrogen and oxygen atoms in total. The highest BCUT2D eigenvalue weighted by atomic mass is 31.1. The van der Waals surface area contributed by atoms with Gasteiger partial charge >= 0.3 is 0 Å². The Kier molecular flexibility index (Phi) is 7.65. The zero-order valence-corrected chi connectivity index (χ0v) is 7.69. The topological polar surface area (TPSA) is 27.7 Å². The summed E-state index contributed by atoms with van der Waals surface area (Å²) in [6, 6.07) is 0. The molecule has 10 heavy (non-hydrogen) atoms. The van der Waals surface area contributed by atoms with Crippen LogP contribution in [0, 0.1) is 0 Å². The van der Waals surface area contributed by atoms with Crippen LogP contribution in [0.4, 0.5) is 0 Å². The lowest BCUT2D eigenvalue weighted by Gasteiger charge is -2.13. The molecule has 0 aromatic carbocycles. The van der Waals surface area contributed by atoms with E-state index in [1.54, 1.807) is 14.2 Å². The quantitative estimate of drug-likeness (QED) is 0.561. The van der Waals surface area contributed by atoms with Crippen molar-refractivity contribution in [3.63, 3.8) is 0 Å². The molecular formula is C6H15O3P. The number of rotatable bonds is 6. The number of hydrogen-bond acceptors (Lipinski definition) is 3. The summed E-state index contributed by atoms with van der Waals surface area (Å²) in [6.07, 6.45) is 1.33. The minimum Gasteiger partial charge on any atom is -0.378 e. The zero-order chi connectivity index (χ0) is 7.82. The average molecular weight is 166 g/mol. The lowest BCUT2D eigenvalue weighted by molar-refractivity contribution is 0.209. The van der Waals surface area contributed by atoms with Gasteiger partial charge in [-0.3, -0.25) is 0 Å². The smallest absolute Gasteiger partial charge is 0.0924 e. The largest absolute Gasteiger partial charge is 0.378 e. The van der Waals surface area contributed by atoms with E-state index in [4.69, 9.17) is 14.0 Å². The summed E-state index contributed by atoms with van der Waals surface area (Å²) in [6.45, 7) is 2.71. The van der Waals surface area contributed by atoms with Crippen molar-refractivity contribution in [3.05, 3.63) is 0 Å². The first-order valence-electron chi connectivity index (χ1n) is 3.20. The maximum atomic E-state index is 5.34. The summed E-state index contributed by atoms with van der Waals surface area (Å²) in [5.41, 5.74) is 0. The van der Waals surface area contributed by atoms with E-state index in [1.807, 2.05) is 6.92 Å². The predicted molar refractivity (Wildman–Crippen MR) is 42.3 cm³/mol. The zero-order valence-electron chi connectivity index (χ0n) is 6.79. The minimum atomic E-state index is -0.505. The van der Waals surface area contributed by atoms with Crippen LogP contribution in [-0.4, -0.2) is 33.5 Å². The third kappa shape index (κ3) is 5.12. The second-order valence-corrected chi connectivity index (χ2v) is 3.47. The summed E-state index contributed by atoms with van der Waals surface area (Å²) < 4.78 is 15.2. The summed E-state index contributed by atoms with van der Waals surface area (Å²) in [7, 11) is 2.84. The lowest BCUT2D eigenvalue weighted by atomic mass is 10.9. The standard InChI is InChI=1S/C6H15O3P/c1-4-9-10(5-7-2)6-8-3/h4-6H2,1-3H3. The Bertz CT molecular complexity index is 55.7. The molecule has 0 spiro atoms. The van der Waals surface area contributed by atoms with Crippen molar-refractivity contribution in [2.45, 2.75) is 6.92 Å². The van der Waals surface area contributed by atoms with Crippen LogP contribution in [-0.2, 0) is 14.0 Å². The third-order valence-corrected chi connectivity index (χ3v) is 2.57. The first-order valence-corrected chi connectivity index (χ1v) is 4.83. The van der Waals surface area contributed by atoms with Crippen LogP contribution in [0.15, 0.2) is 0 Å². The molecule has 0 aromatic heterocycles. The Morgan fingerprint density at radius 3 is 1.90 bits per heavy atom. The highest BCUT2D eigenvalue weighted by Crippen LogP contribution is 2.35. The molecule has 0 atom stereocenters. The van der Waals surface area contributed by atoms with E-state index in [0.717, 1.165) is 6.61 Å². The molecule has 0 saturated carbocycles. The Hall–Kier alpha value is 0.310. The minimum absolute atomic E-state index is 0.505. The highest BCUT2D eigenvalue weighted by Gasteiger charge is 2.05. The van der Waals surface area contributed by atoms with E-state index in [-0.39, 0.29) is 0 Å². The number of hydrogen-bond donors (Lipinski definition) is 0. The van der Waals surface area contributed by atoms with Crippen molar-refractivity contribution < 1.29 is 14.0 Å². The van der Waals surface area contributed by atoms with Crippen LogP contribution in [0.25, 0.3) is 0 Å². The molecule has 0 aliphatic rings. The Balaban J connectivity index is 3.30. The van der Waals surface area contributed by atoms with E-state index >= 15 is 0 Å². The molecule has 0 N–H and O–H groups in total.